The Morgan fingerprint density at radius 3 is 0.839 bits per heavy atom. The van der Waals surface area contributed by atoms with Gasteiger partial charge < -0.3 is 62.9 Å². The molecule has 20 rings (SSSR count). The Morgan fingerprint density at radius 2 is 0.599 bits per heavy atom. The summed E-state index contributed by atoms with van der Waals surface area (Å²) < 4.78 is 67.8. The van der Waals surface area contributed by atoms with Crippen molar-refractivity contribution in [1.29, 1.82) is 0 Å². The first kappa shape index (κ1) is 115. The number of halogens is 3. The first-order valence-electron chi connectivity index (χ1n) is 45.6. The Labute approximate surface area is 880 Å². The fraction of sp³-hybridized carbons (Fsp3) is 0.386. The van der Waals surface area contributed by atoms with Crippen LogP contribution in [0.15, 0.2) is 334 Å². The van der Waals surface area contributed by atoms with Crippen LogP contribution in [-0.4, -0.2) is 91.4 Å². The van der Waals surface area contributed by atoms with Gasteiger partial charge in [-0.25, -0.2) is 0 Å². The minimum absolute atomic E-state index is 0. The maximum absolute atomic E-state index is 12.2. The van der Waals surface area contributed by atoms with Crippen LogP contribution in [0.25, 0.3) is 0 Å². The van der Waals surface area contributed by atoms with E-state index in [1.807, 2.05) is 116 Å². The number of aliphatic hydroxyl groups excluding tert-OH is 1. The fourth-order valence-corrected chi connectivity index (χ4v) is 22.6. The Bertz CT molecular complexity index is 4960. The molecule has 3 N–H and O–H groups in total. The first-order valence-corrected chi connectivity index (χ1v) is 54.8. The summed E-state index contributed by atoms with van der Waals surface area (Å²) in [5, 5.41) is 13.9. The number of hydrogen-bond donors (Lipinski definition) is 2. The van der Waals surface area contributed by atoms with Gasteiger partial charge in [0.05, 0.1) is 38.6 Å². The average molecular weight is 2550 g/mol. The molecular formula is C114H135I3NO16PW2. The molecule has 730 valence electrons. The number of hydrogen-bond acceptors (Lipinski definition) is 17. The molecule has 9 aliphatic rings. The number of ketones is 1. The number of carbonyl (C=O) groups excluding carboxylic acids is 4. The van der Waals surface area contributed by atoms with Gasteiger partial charge in [-0.05, 0) is 125 Å². The van der Waals surface area contributed by atoms with Crippen LogP contribution in [0.4, 0.5) is 0 Å². The topological polar surface area (TPSA) is 216 Å². The zero-order valence-corrected chi connectivity index (χ0v) is 90.3. The van der Waals surface area contributed by atoms with E-state index in [9.17, 15) is 24.3 Å². The molecule has 4 saturated heterocycles. The molecule has 17 nitrogen and oxygen atoms in total. The van der Waals surface area contributed by atoms with Gasteiger partial charge in [-0.15, -0.1) is 0 Å². The summed E-state index contributed by atoms with van der Waals surface area (Å²) in [6.07, 6.45) is 10.0. The van der Waals surface area contributed by atoms with Crippen molar-refractivity contribution < 1.29 is 119 Å². The maximum Gasteiger partial charge on any atom is 0.311 e. The fourth-order valence-electron chi connectivity index (χ4n) is 19.6. The average Bonchev–Trinajstić information content (AvgIpc) is 1.61. The van der Waals surface area contributed by atoms with Crippen molar-refractivity contribution >= 4 is 107 Å². The molecular weight excluding hydrogens is 2420 g/mol. The molecule has 11 aromatic rings. The van der Waals surface area contributed by atoms with Gasteiger partial charge in [0.15, 0.2) is 23.1 Å². The second-order valence-corrected chi connectivity index (χ2v) is 39.0. The van der Waals surface area contributed by atoms with Gasteiger partial charge in [0.25, 0.3) is 0 Å². The summed E-state index contributed by atoms with van der Waals surface area (Å²) in [5.74, 6) is -3.22. The van der Waals surface area contributed by atoms with E-state index in [0.29, 0.717) is 56.8 Å². The first-order chi connectivity index (χ1) is 64.2. The molecule has 137 heavy (non-hydrogen) atoms. The third-order valence-electron chi connectivity index (χ3n) is 26.4. The second kappa shape index (κ2) is 55.1. The molecule has 11 aromatic carbocycles. The van der Waals surface area contributed by atoms with Crippen LogP contribution in [0.2, 0.25) is 0 Å². The number of nitrogens with two attached hydrogens (primary N) is 1. The SMILES string of the molecule is C.C.C.CC1(CI)CCC2(C1)OC(c1ccccc1)[C@H](c1ccccc1)O2.CC1(CO)CCC2(C1)OC(c1ccccc1)[C@H](c1ccccc1)O2.CN.COC(=O)C1(C)CCC2(C1)OC(c1ccccc1)[C@H](c1ccccc1)O2.COC(=O)C1CCC(=O)C1.COC(=O)C1CCC2(C1)OC(c1ccccc1)[C@H](c1ccccc1)O2.II.[W].[W].c1ccc(P(c2ccccc2)c2ccccc2)cc1. The third kappa shape index (κ3) is 29.5. The van der Waals surface area contributed by atoms with Crippen LogP contribution in [0.3, 0.4) is 0 Å². The van der Waals surface area contributed by atoms with E-state index in [1.54, 1.807) is 0 Å². The quantitative estimate of drug-likeness (QED) is 0.0302. The molecule has 4 heterocycles. The number of rotatable bonds is 16. The second-order valence-electron chi connectivity index (χ2n) is 36.0. The molecule has 0 aromatic heterocycles. The standard InChI is InChI=1S/C22H24O4.C21H23IO2.C21H22O4.C21H24O3.C18H15P.C7H10O3.CH5N.3CH4.I2.2W/c1-21(20(23)24-2)13-14-22(15-21)25-18(16-9-5-3-6-10-16)19(26-22)17-11-7-4-8-12-17;1-20(15-22)12-13-21(14-20)23-18(16-8-4-2-5-9-16)19(24-21)17-10-6-3-7-11-17;1-23-20(22)17-12-13-21(14-17)24-18(15-8-4-2-5-9-15)19(25-21)16-10-6-3-7-11-16;1-20(15-22)12-13-21(14-20)23-18(16-8-4-2-5-9-16)19(24-21)17-10-6-3-7-11-17;1-4-10-16(11-5-1)19(17-12-6-2-7-13-17)18-14-8-3-9-15-18;1-10-7(9)5-2-3-6(8)4-5;1-2;;;;1-2;;/h3-12,18-19H,13-15H2,1-2H3;2-11,18-19H,12-15H2,1H3;2-11,17-19H,12-14H2,1H3;2-11,18-19,22H,12-15H2,1H3;1-15H;5H,2-4H2,1H3;2H2,1H3;3*1H4;;;/t18-,19?,21?,22?;18-,19?,20?,21?;17?,18-,19?,21?;18-,19?,20?,21?;;;;;;;;;/m0000........./s1. The summed E-state index contributed by atoms with van der Waals surface area (Å²) in [5.41, 5.74) is 13.2. The predicted molar refractivity (Wildman–Crippen MR) is 564 cm³/mol. The Morgan fingerprint density at radius 1 is 0.350 bits per heavy atom. The van der Waals surface area contributed by atoms with Crippen LogP contribution in [0.5, 0.6) is 0 Å². The van der Waals surface area contributed by atoms with Crippen molar-refractivity contribution in [2.24, 2.45) is 33.8 Å². The van der Waals surface area contributed by atoms with Crippen molar-refractivity contribution in [3.8, 4) is 0 Å². The van der Waals surface area contributed by atoms with Crippen molar-refractivity contribution in [2.75, 3.05) is 39.4 Å². The summed E-state index contributed by atoms with van der Waals surface area (Å²) >= 11 is 6.74. The van der Waals surface area contributed by atoms with Crippen LogP contribution >= 0.6 is 67.7 Å². The molecule has 5 saturated carbocycles. The van der Waals surface area contributed by atoms with Crippen molar-refractivity contribution in [3.05, 3.63) is 378 Å². The van der Waals surface area contributed by atoms with Crippen molar-refractivity contribution in [1.82, 2.24) is 0 Å². The normalized spacial score (nSPS) is 27.9. The minimum atomic E-state index is -0.746. The van der Waals surface area contributed by atoms with Crippen LogP contribution < -0.4 is 21.6 Å². The van der Waals surface area contributed by atoms with E-state index in [1.165, 1.54) is 61.8 Å². The largest absolute Gasteiger partial charge is 0.469 e. The third-order valence-corrected chi connectivity index (χ3v) is 30.6. The number of ether oxygens (including phenoxy) is 11. The summed E-state index contributed by atoms with van der Waals surface area (Å²) in [6, 6.07) is 115. The Kier molecular flexibility index (Phi) is 46.4. The zero-order chi connectivity index (χ0) is 93.2. The van der Waals surface area contributed by atoms with Crippen LogP contribution in [0.1, 0.15) is 233 Å². The minimum Gasteiger partial charge on any atom is -0.469 e. The van der Waals surface area contributed by atoms with Gasteiger partial charge in [0.2, 0.25) is 0 Å². The van der Waals surface area contributed by atoms with Gasteiger partial charge >= 0.3 is 17.9 Å². The Hall–Kier alpha value is -6.90. The van der Waals surface area contributed by atoms with Crippen LogP contribution in [0, 0.1) is 28.1 Å². The monoisotopic (exact) mass is 2550 g/mol. The summed E-state index contributed by atoms with van der Waals surface area (Å²) in [4.78, 5) is 45.6. The Balaban J connectivity index is 0.000000202. The van der Waals surface area contributed by atoms with Crippen LogP contribution in [-0.2, 0) is 113 Å². The molecule has 9 fully saturated rings. The zero-order valence-electron chi connectivity index (χ0n) is 77.1. The smallest absolute Gasteiger partial charge is 0.311 e. The molecule has 4 aliphatic heterocycles. The van der Waals surface area contributed by atoms with Gasteiger partial charge in [-0.3, -0.25) is 19.2 Å². The van der Waals surface area contributed by atoms with E-state index < -0.39 is 36.5 Å². The number of esters is 3. The number of alkyl halides is 1. The van der Waals surface area contributed by atoms with Crippen molar-refractivity contribution in [3.63, 3.8) is 0 Å². The maximum atomic E-state index is 12.2. The molecule has 13 unspecified atom stereocenters. The molecule has 0 amide bonds. The molecule has 23 heteroatoms. The number of aliphatic hydroxyl groups is 1. The van der Waals surface area contributed by atoms with Gasteiger partial charge in [-0.1, -0.05) is 392 Å². The van der Waals surface area contributed by atoms with E-state index in [2.05, 4.69) is 309 Å². The van der Waals surface area contributed by atoms with E-state index in [4.69, 9.17) is 47.4 Å². The van der Waals surface area contributed by atoms with Gasteiger partial charge in [-0.2, -0.15) is 0 Å². The van der Waals surface area contributed by atoms with E-state index in [0.717, 1.165) is 76.3 Å². The van der Waals surface area contributed by atoms with Gasteiger partial charge in [0, 0.05) is 155 Å². The molecule has 0 bridgehead atoms. The number of methoxy groups -OCH3 is 3. The predicted octanol–water partition coefficient (Wildman–Crippen LogP) is 26.2. The summed E-state index contributed by atoms with van der Waals surface area (Å²) in [7, 11) is 5.28. The summed E-state index contributed by atoms with van der Waals surface area (Å²) in [6.45, 7) is 6.58. The molecule has 17 atom stereocenters. The molecule has 4 spiro atoms. The number of Topliss-reactive ketones (excluding diaryl/α,β-unsaturated/α-hetero) is 1. The van der Waals surface area contributed by atoms with E-state index in [-0.39, 0.29) is 161 Å². The molecule has 5 aliphatic carbocycles. The number of carbonyl (C=O) groups is 4. The number of benzene rings is 11. The van der Waals surface area contributed by atoms with Gasteiger partial charge in [0.1, 0.15) is 54.6 Å². The van der Waals surface area contributed by atoms with E-state index >= 15 is 0 Å². The molecule has 0 radical (unpaired) electrons. The van der Waals surface area contributed by atoms with Crippen molar-refractivity contribution in [2.45, 2.75) is 211 Å².